The lowest BCUT2D eigenvalue weighted by Gasteiger charge is -2.14. The molecule has 6 nitrogen and oxygen atoms in total. The van der Waals surface area contributed by atoms with Gasteiger partial charge in [-0.05, 0) is 59.5 Å². The molecule has 4 heterocycles. The number of hydrogen-bond acceptors (Lipinski definition) is 6. The highest BCUT2D eigenvalue weighted by Gasteiger charge is 2.35. The van der Waals surface area contributed by atoms with Gasteiger partial charge in [-0.3, -0.25) is 0 Å². The number of aliphatic hydroxyl groups is 1. The largest absolute Gasteiger partial charge is 0.392 e. The van der Waals surface area contributed by atoms with E-state index in [1.807, 2.05) is 24.8 Å². The van der Waals surface area contributed by atoms with Gasteiger partial charge in [-0.25, -0.2) is 15.0 Å². The van der Waals surface area contributed by atoms with Crippen LogP contribution in [0.1, 0.15) is 29.5 Å². The van der Waals surface area contributed by atoms with Gasteiger partial charge in [0.05, 0.1) is 27.2 Å². The van der Waals surface area contributed by atoms with Crippen molar-refractivity contribution in [2.24, 2.45) is 0 Å². The number of nitrogens with zero attached hydrogens (tertiary/aromatic N) is 4. The van der Waals surface area contributed by atoms with Gasteiger partial charge >= 0.3 is 0 Å². The van der Waals surface area contributed by atoms with Gasteiger partial charge in [-0.2, -0.15) is 0 Å². The van der Waals surface area contributed by atoms with Gasteiger partial charge in [0.15, 0.2) is 0 Å². The van der Waals surface area contributed by atoms with Crippen molar-refractivity contribution in [2.75, 3.05) is 5.73 Å². The van der Waals surface area contributed by atoms with Crippen molar-refractivity contribution in [2.45, 2.75) is 42.9 Å². The van der Waals surface area contributed by atoms with E-state index < -0.39 is 0 Å². The molecule has 8 heteroatoms. The summed E-state index contributed by atoms with van der Waals surface area (Å²) >= 11 is 5.26. The first-order chi connectivity index (χ1) is 14.5. The first kappa shape index (κ1) is 19.8. The van der Waals surface area contributed by atoms with Crippen molar-refractivity contribution < 1.29 is 5.11 Å². The molecule has 0 bridgehead atoms. The highest BCUT2D eigenvalue weighted by Crippen LogP contribution is 2.44. The number of thioether (sulfide) groups is 1. The Morgan fingerprint density at radius 2 is 2.13 bits per heavy atom. The number of nitrogens with two attached hydrogens (primary N) is 1. The van der Waals surface area contributed by atoms with Crippen LogP contribution in [0.5, 0.6) is 0 Å². The lowest BCUT2D eigenvalue weighted by molar-refractivity contribution is 0.163. The molecule has 3 atom stereocenters. The van der Waals surface area contributed by atoms with Crippen molar-refractivity contribution in [3.8, 4) is 0 Å². The number of benzene rings is 1. The van der Waals surface area contributed by atoms with Gasteiger partial charge in [-0.15, -0.1) is 11.8 Å². The maximum atomic E-state index is 10.7. The summed E-state index contributed by atoms with van der Waals surface area (Å²) in [6.07, 6.45) is 5.88. The van der Waals surface area contributed by atoms with Crippen LogP contribution < -0.4 is 5.73 Å². The van der Waals surface area contributed by atoms with Crippen molar-refractivity contribution in [1.82, 2.24) is 19.5 Å². The Bertz CT molecular complexity index is 1240. The van der Waals surface area contributed by atoms with Crippen molar-refractivity contribution in [3.05, 3.63) is 58.6 Å². The van der Waals surface area contributed by atoms with Crippen LogP contribution in [0.25, 0.3) is 21.9 Å². The van der Waals surface area contributed by atoms with Crippen LogP contribution in [0.4, 0.5) is 5.82 Å². The second-order valence-electron chi connectivity index (χ2n) is 7.77. The van der Waals surface area contributed by atoms with Crippen LogP contribution in [-0.4, -0.2) is 36.0 Å². The molecular weight excluding hydrogens is 462 g/mol. The summed E-state index contributed by atoms with van der Waals surface area (Å²) in [5.74, 6) is 0.502. The normalized spacial score (nSPS) is 21.6. The number of anilines is 1. The molecule has 0 aliphatic carbocycles. The number of aliphatic hydroxyl groups excluding tert-OH is 1. The van der Waals surface area contributed by atoms with Gasteiger partial charge in [0, 0.05) is 28.6 Å². The summed E-state index contributed by atoms with van der Waals surface area (Å²) in [6.45, 7) is 2.00. The highest BCUT2D eigenvalue weighted by molar-refractivity contribution is 9.10. The quantitative estimate of drug-likeness (QED) is 0.439. The maximum absolute atomic E-state index is 10.7. The molecule has 3 aromatic heterocycles. The first-order valence-electron chi connectivity index (χ1n) is 9.96. The van der Waals surface area contributed by atoms with E-state index in [9.17, 15) is 5.11 Å². The Hall–Kier alpha value is -2.16. The number of aromatic nitrogens is 4. The number of halogens is 1. The van der Waals surface area contributed by atoms with E-state index in [0.29, 0.717) is 5.82 Å². The minimum absolute atomic E-state index is 0.187. The Kier molecular flexibility index (Phi) is 5.16. The fourth-order valence-electron chi connectivity index (χ4n) is 4.14. The first-order valence-corrected chi connectivity index (χ1v) is 11.7. The average molecular weight is 484 g/mol. The summed E-state index contributed by atoms with van der Waals surface area (Å²) < 4.78 is 3.00. The summed E-state index contributed by atoms with van der Waals surface area (Å²) in [5.41, 5.74) is 9.97. The summed E-state index contributed by atoms with van der Waals surface area (Å²) in [7, 11) is 0. The Balaban J connectivity index is 1.31. The third-order valence-electron chi connectivity index (χ3n) is 5.80. The zero-order chi connectivity index (χ0) is 20.8. The fraction of sp³-hybridized carbons (Fsp3) is 0.318. The zero-order valence-corrected chi connectivity index (χ0v) is 18.9. The summed E-state index contributed by atoms with van der Waals surface area (Å²) in [6, 6.07) is 10.4. The minimum Gasteiger partial charge on any atom is -0.392 e. The Morgan fingerprint density at radius 1 is 1.27 bits per heavy atom. The molecule has 30 heavy (non-hydrogen) atoms. The van der Waals surface area contributed by atoms with E-state index in [1.54, 1.807) is 6.33 Å². The van der Waals surface area contributed by atoms with Crippen LogP contribution in [0.3, 0.4) is 0 Å². The molecule has 1 aliphatic heterocycles. The standard InChI is InChI=1S/C22H22BrN5OS/c1-12-15-6-7-28(22(15)26-11-25-12)20-10-18(29)19(30-20)5-3-13-2-4-14-9-16(23)21(24)27-17(14)8-13/h2,4,6-9,11,18-20,29H,3,5,10H2,1H3,(H2,24,27)/t18-,19+,20+/m0/s1. The minimum atomic E-state index is -0.328. The van der Waals surface area contributed by atoms with E-state index in [4.69, 9.17) is 5.73 Å². The van der Waals surface area contributed by atoms with E-state index in [0.717, 1.165) is 51.4 Å². The number of aryl methyl sites for hydroxylation is 2. The molecular formula is C22H22BrN5OS. The second-order valence-corrected chi connectivity index (χ2v) is 10.0. The molecule has 0 spiro atoms. The molecule has 154 valence electrons. The van der Waals surface area contributed by atoms with E-state index in [-0.39, 0.29) is 16.7 Å². The number of nitrogen functional groups attached to an aromatic ring is 1. The fourth-order valence-corrected chi connectivity index (χ4v) is 6.04. The van der Waals surface area contributed by atoms with Gasteiger partial charge in [0.2, 0.25) is 0 Å². The lowest BCUT2D eigenvalue weighted by Crippen LogP contribution is -2.17. The molecule has 5 rings (SSSR count). The van der Waals surface area contributed by atoms with E-state index in [2.05, 4.69) is 65.9 Å². The molecule has 1 fully saturated rings. The molecule has 0 saturated carbocycles. The van der Waals surface area contributed by atoms with Gasteiger partial charge in [-0.1, -0.05) is 12.1 Å². The SMILES string of the molecule is Cc1ncnc2c1ccn2[C@H]1C[C@H](O)[C@@H](CCc2ccc3cc(Br)c(N)nc3c2)S1. The molecule has 0 amide bonds. The van der Waals surface area contributed by atoms with Crippen molar-refractivity contribution in [1.29, 1.82) is 0 Å². The molecule has 0 unspecified atom stereocenters. The zero-order valence-electron chi connectivity index (χ0n) is 16.5. The van der Waals surface area contributed by atoms with Crippen LogP contribution in [0.15, 0.2) is 47.3 Å². The molecule has 0 radical (unpaired) electrons. The predicted molar refractivity (Wildman–Crippen MR) is 125 cm³/mol. The van der Waals surface area contributed by atoms with Gasteiger partial charge in [0.25, 0.3) is 0 Å². The van der Waals surface area contributed by atoms with E-state index >= 15 is 0 Å². The van der Waals surface area contributed by atoms with Gasteiger partial charge in [0.1, 0.15) is 17.8 Å². The Morgan fingerprint density at radius 3 is 3.00 bits per heavy atom. The second kappa shape index (κ2) is 7.83. The monoisotopic (exact) mass is 483 g/mol. The molecule has 1 aromatic carbocycles. The van der Waals surface area contributed by atoms with E-state index in [1.165, 1.54) is 5.56 Å². The topological polar surface area (TPSA) is 89.8 Å². The summed E-state index contributed by atoms with van der Waals surface area (Å²) in [4.78, 5) is 13.2. The highest BCUT2D eigenvalue weighted by atomic mass is 79.9. The molecule has 4 aromatic rings. The number of pyridine rings is 1. The van der Waals surface area contributed by atoms with Gasteiger partial charge < -0.3 is 15.4 Å². The Labute approximate surface area is 187 Å². The lowest BCUT2D eigenvalue weighted by atomic mass is 10.0. The van der Waals surface area contributed by atoms with Crippen LogP contribution in [0, 0.1) is 6.92 Å². The van der Waals surface area contributed by atoms with Crippen LogP contribution in [0.2, 0.25) is 0 Å². The van der Waals surface area contributed by atoms with Crippen LogP contribution >= 0.6 is 27.7 Å². The smallest absolute Gasteiger partial charge is 0.144 e. The summed E-state index contributed by atoms with van der Waals surface area (Å²) in [5, 5.41) is 13.2. The predicted octanol–water partition coefficient (Wildman–Crippen LogP) is 4.63. The number of rotatable bonds is 4. The van der Waals surface area contributed by atoms with Crippen LogP contribution in [-0.2, 0) is 6.42 Å². The molecule has 1 saturated heterocycles. The maximum Gasteiger partial charge on any atom is 0.144 e. The third kappa shape index (κ3) is 3.57. The number of fused-ring (bicyclic) bond motifs is 2. The average Bonchev–Trinajstić information content (AvgIpc) is 3.31. The third-order valence-corrected chi connectivity index (χ3v) is 8.07. The van der Waals surface area contributed by atoms with Crippen molar-refractivity contribution in [3.63, 3.8) is 0 Å². The van der Waals surface area contributed by atoms with Crippen molar-refractivity contribution >= 4 is 55.4 Å². The molecule has 1 aliphatic rings. The number of hydrogen-bond donors (Lipinski definition) is 2. The molecule has 3 N–H and O–H groups in total.